The summed E-state index contributed by atoms with van der Waals surface area (Å²) >= 11 is 0. The number of ether oxygens (including phenoxy) is 2. The Morgan fingerprint density at radius 1 is 0.927 bits per heavy atom. The van der Waals surface area contributed by atoms with Crippen molar-refractivity contribution >= 4 is 6.09 Å². The Hall–Kier alpha value is -2.77. The van der Waals surface area contributed by atoms with Gasteiger partial charge < -0.3 is 19.9 Å². The Bertz CT molecular complexity index is 991. The third-order valence-corrected chi connectivity index (χ3v) is 6.70. The van der Waals surface area contributed by atoms with Crippen molar-refractivity contribution in [1.82, 2.24) is 15.3 Å². The largest absolute Gasteiger partial charge is 0.444 e. The maximum Gasteiger partial charge on any atom is 0.408 e. The monoisotopic (exact) mass is 567 g/mol. The van der Waals surface area contributed by atoms with Crippen LogP contribution < -0.4 is 5.32 Å². The fourth-order valence-corrected chi connectivity index (χ4v) is 4.49. The van der Waals surface area contributed by atoms with E-state index in [1.165, 1.54) is 64.2 Å². The van der Waals surface area contributed by atoms with Gasteiger partial charge in [-0.25, -0.2) is 9.78 Å². The van der Waals surface area contributed by atoms with Gasteiger partial charge >= 0.3 is 6.09 Å². The number of carbonyl (C=O) groups is 1. The van der Waals surface area contributed by atoms with Gasteiger partial charge in [-0.1, -0.05) is 95.4 Å². The highest BCUT2D eigenvalue weighted by Gasteiger charge is 2.23. The van der Waals surface area contributed by atoms with Crippen LogP contribution in [0.3, 0.4) is 0 Å². The van der Waals surface area contributed by atoms with Crippen LogP contribution >= 0.6 is 0 Å². The minimum absolute atomic E-state index is 0.110. The number of carbonyl (C=O) groups excluding carboxylic acids is 1. The Morgan fingerprint density at radius 2 is 1.59 bits per heavy atom. The van der Waals surface area contributed by atoms with Gasteiger partial charge in [0.25, 0.3) is 0 Å². The first-order valence-corrected chi connectivity index (χ1v) is 15.6. The van der Waals surface area contributed by atoms with E-state index in [-0.39, 0.29) is 13.2 Å². The average Bonchev–Trinajstić information content (AvgIpc) is 2.94. The Labute approximate surface area is 248 Å². The van der Waals surface area contributed by atoms with Crippen LogP contribution in [-0.2, 0) is 16.1 Å². The van der Waals surface area contributed by atoms with Crippen LogP contribution in [-0.4, -0.2) is 45.5 Å². The molecule has 0 bridgehead atoms. The minimum Gasteiger partial charge on any atom is -0.444 e. The van der Waals surface area contributed by atoms with Crippen LogP contribution in [0.1, 0.15) is 110 Å². The average molecular weight is 568 g/mol. The summed E-state index contributed by atoms with van der Waals surface area (Å²) in [4.78, 5) is 21.4. The molecule has 0 saturated carbocycles. The Balaban J connectivity index is 1.78. The normalized spacial score (nSPS) is 13.3. The highest BCUT2D eigenvalue weighted by Crippen LogP contribution is 2.15. The summed E-state index contributed by atoms with van der Waals surface area (Å²) in [6.07, 6.45) is 19.3. The zero-order valence-electron chi connectivity index (χ0n) is 25.8. The van der Waals surface area contributed by atoms with Gasteiger partial charge in [-0.05, 0) is 57.9 Å². The zero-order valence-corrected chi connectivity index (χ0v) is 25.8. The van der Waals surface area contributed by atoms with Crippen molar-refractivity contribution in [3.63, 3.8) is 0 Å². The maximum absolute atomic E-state index is 12.5. The second-order valence-corrected chi connectivity index (χ2v) is 11.7. The van der Waals surface area contributed by atoms with E-state index in [1.807, 2.05) is 63.2 Å². The molecule has 0 spiro atoms. The molecule has 0 unspecified atom stereocenters. The van der Waals surface area contributed by atoms with Gasteiger partial charge in [0.15, 0.2) is 0 Å². The molecule has 41 heavy (non-hydrogen) atoms. The highest BCUT2D eigenvalue weighted by atomic mass is 16.6. The predicted octanol–water partition coefficient (Wildman–Crippen LogP) is 8.17. The van der Waals surface area contributed by atoms with E-state index in [0.717, 1.165) is 29.9 Å². The molecule has 0 fully saturated rings. The van der Waals surface area contributed by atoms with E-state index in [2.05, 4.69) is 22.2 Å². The molecule has 2 aromatic heterocycles. The summed E-state index contributed by atoms with van der Waals surface area (Å²) in [6.45, 7) is 8.03. The molecule has 228 valence electrons. The zero-order chi connectivity index (χ0) is 29.8. The molecule has 0 saturated heterocycles. The molecular formula is C34H53N3O4. The highest BCUT2D eigenvalue weighted by molar-refractivity contribution is 5.68. The molecule has 2 heterocycles. The van der Waals surface area contributed by atoms with Gasteiger partial charge in [0.1, 0.15) is 5.60 Å². The Kier molecular flexibility index (Phi) is 16.9. The molecular weight excluding hydrogens is 514 g/mol. The number of aliphatic hydroxyl groups excluding tert-OH is 1. The van der Waals surface area contributed by atoms with Crippen LogP contribution in [0, 0.1) is 0 Å². The lowest BCUT2D eigenvalue weighted by Gasteiger charge is -2.25. The molecule has 1 amide bonds. The van der Waals surface area contributed by atoms with Gasteiger partial charge in [0.2, 0.25) is 0 Å². The fourth-order valence-electron chi connectivity index (χ4n) is 4.49. The number of aromatic nitrogens is 2. The van der Waals surface area contributed by atoms with Crippen molar-refractivity contribution in [2.24, 2.45) is 0 Å². The summed E-state index contributed by atoms with van der Waals surface area (Å²) in [5.74, 6) is 0. The van der Waals surface area contributed by atoms with Crippen molar-refractivity contribution in [3.8, 4) is 11.4 Å². The van der Waals surface area contributed by atoms with E-state index in [1.54, 1.807) is 12.3 Å². The van der Waals surface area contributed by atoms with E-state index in [9.17, 15) is 9.90 Å². The summed E-state index contributed by atoms with van der Waals surface area (Å²) in [7, 11) is 0. The van der Waals surface area contributed by atoms with Crippen LogP contribution in [0.25, 0.3) is 11.4 Å². The number of pyridine rings is 2. The predicted molar refractivity (Wildman–Crippen MR) is 167 cm³/mol. The lowest BCUT2D eigenvalue weighted by Crippen LogP contribution is -2.47. The molecule has 0 aliphatic rings. The molecule has 2 N–H and O–H groups in total. The first-order chi connectivity index (χ1) is 19.8. The number of nitrogens with zero attached hydrogens (tertiary/aromatic N) is 2. The van der Waals surface area contributed by atoms with Crippen LogP contribution in [0.4, 0.5) is 4.79 Å². The molecule has 2 aromatic rings. The van der Waals surface area contributed by atoms with E-state index < -0.39 is 23.8 Å². The van der Waals surface area contributed by atoms with Crippen molar-refractivity contribution in [2.75, 3.05) is 6.61 Å². The number of nitrogens with one attached hydrogen (secondary N) is 1. The SMILES string of the molecule is CCCCCCCCCCCCC/C=C/[C@@H](O)[C@H](COCc1cccc(-c2ccccn2)n1)NC(=O)OC(C)(C)C. The second kappa shape index (κ2) is 20.2. The first kappa shape index (κ1) is 34.4. The summed E-state index contributed by atoms with van der Waals surface area (Å²) < 4.78 is 11.3. The van der Waals surface area contributed by atoms with E-state index in [0.29, 0.717) is 0 Å². The van der Waals surface area contributed by atoms with Crippen molar-refractivity contribution in [2.45, 2.75) is 129 Å². The Morgan fingerprint density at radius 3 is 2.22 bits per heavy atom. The third kappa shape index (κ3) is 16.3. The molecule has 0 radical (unpaired) electrons. The number of unbranched alkanes of at least 4 members (excludes halogenated alkanes) is 11. The third-order valence-electron chi connectivity index (χ3n) is 6.70. The number of allylic oxidation sites excluding steroid dienone is 1. The number of alkyl carbamates (subject to hydrolysis) is 1. The second-order valence-electron chi connectivity index (χ2n) is 11.7. The molecule has 2 rings (SSSR count). The lowest BCUT2D eigenvalue weighted by molar-refractivity contribution is 0.0278. The van der Waals surface area contributed by atoms with Crippen molar-refractivity contribution in [1.29, 1.82) is 0 Å². The van der Waals surface area contributed by atoms with Crippen LogP contribution in [0.5, 0.6) is 0 Å². The van der Waals surface area contributed by atoms with Crippen LogP contribution in [0.15, 0.2) is 54.7 Å². The number of aliphatic hydroxyl groups is 1. The molecule has 2 atom stereocenters. The lowest BCUT2D eigenvalue weighted by atomic mass is 10.0. The molecule has 7 nitrogen and oxygen atoms in total. The maximum atomic E-state index is 12.5. The summed E-state index contributed by atoms with van der Waals surface area (Å²) in [6, 6.07) is 10.7. The quantitative estimate of drug-likeness (QED) is 0.124. The van der Waals surface area contributed by atoms with Gasteiger partial charge in [0, 0.05) is 6.20 Å². The summed E-state index contributed by atoms with van der Waals surface area (Å²) in [5, 5.41) is 13.6. The minimum atomic E-state index is -0.900. The van der Waals surface area contributed by atoms with Crippen LogP contribution in [0.2, 0.25) is 0 Å². The first-order valence-electron chi connectivity index (χ1n) is 15.6. The summed E-state index contributed by atoms with van der Waals surface area (Å²) in [5.41, 5.74) is 1.66. The topological polar surface area (TPSA) is 93.6 Å². The fraction of sp³-hybridized carbons (Fsp3) is 0.618. The molecule has 7 heteroatoms. The van der Waals surface area contributed by atoms with Gasteiger partial charge in [-0.15, -0.1) is 0 Å². The van der Waals surface area contributed by atoms with E-state index >= 15 is 0 Å². The van der Waals surface area contributed by atoms with Crippen molar-refractivity contribution in [3.05, 3.63) is 60.4 Å². The number of rotatable bonds is 20. The van der Waals surface area contributed by atoms with Gasteiger partial charge in [-0.3, -0.25) is 4.98 Å². The van der Waals surface area contributed by atoms with Crippen molar-refractivity contribution < 1.29 is 19.4 Å². The smallest absolute Gasteiger partial charge is 0.408 e. The number of hydrogen-bond donors (Lipinski definition) is 2. The molecule has 0 aromatic carbocycles. The number of hydrogen-bond acceptors (Lipinski definition) is 6. The van der Waals surface area contributed by atoms with Gasteiger partial charge in [-0.2, -0.15) is 0 Å². The number of amides is 1. The van der Waals surface area contributed by atoms with Gasteiger partial charge in [0.05, 0.1) is 42.4 Å². The van der Waals surface area contributed by atoms with E-state index in [4.69, 9.17) is 9.47 Å². The molecule has 0 aliphatic heterocycles. The standard InChI is InChI=1S/C34H53N3O4/c1-5-6-7-8-9-10-11-12-13-14-15-16-17-24-32(38)31(37-33(39)41-34(2,3)4)27-40-26-28-21-20-23-30(36-28)29-22-18-19-25-35-29/h17-25,31-32,38H,5-16,26-27H2,1-4H3,(H,37,39)/b24-17+/t31-,32+/m0/s1. The molecule has 0 aliphatic carbocycles.